The van der Waals surface area contributed by atoms with Crippen molar-refractivity contribution in [2.75, 3.05) is 0 Å². The van der Waals surface area contributed by atoms with Gasteiger partial charge in [-0.05, 0) is 11.8 Å². The zero-order valence-corrected chi connectivity index (χ0v) is 9.53. The molecule has 4 unspecified atom stereocenters. The summed E-state index contributed by atoms with van der Waals surface area (Å²) in [4.78, 5) is 0. The molecular formula is C10H14ClNS. The highest BCUT2D eigenvalue weighted by Crippen LogP contribution is 2.50. The van der Waals surface area contributed by atoms with E-state index in [4.69, 9.17) is 16.9 Å². The van der Waals surface area contributed by atoms with Crippen molar-refractivity contribution in [2.45, 2.75) is 25.5 Å². The Bertz CT molecular complexity index is 246. The molecule has 0 radical (unpaired) electrons. The van der Waals surface area contributed by atoms with Crippen molar-refractivity contribution in [1.82, 2.24) is 0 Å². The first-order valence-corrected chi connectivity index (χ1v) is 5.78. The lowest BCUT2D eigenvalue weighted by molar-refractivity contribution is 0.140. The molecule has 1 rings (SSSR count). The summed E-state index contributed by atoms with van der Waals surface area (Å²) in [7, 11) is 0. The number of nitriles is 1. The summed E-state index contributed by atoms with van der Waals surface area (Å²) in [6.45, 7) is 7.98. The van der Waals surface area contributed by atoms with Crippen LogP contribution in [0.2, 0.25) is 0 Å². The van der Waals surface area contributed by atoms with Crippen LogP contribution < -0.4 is 0 Å². The molecular weight excluding hydrogens is 202 g/mol. The Hall–Kier alpha value is -0.130. The molecule has 0 spiro atoms. The first-order chi connectivity index (χ1) is 6.11. The van der Waals surface area contributed by atoms with Crippen molar-refractivity contribution in [3.8, 4) is 6.07 Å². The van der Waals surface area contributed by atoms with Crippen LogP contribution in [0.4, 0.5) is 0 Å². The van der Waals surface area contributed by atoms with Gasteiger partial charge in [-0.2, -0.15) is 5.26 Å². The molecule has 0 aromatic carbocycles. The molecule has 0 N–H and O–H groups in total. The van der Waals surface area contributed by atoms with Gasteiger partial charge in [-0.15, -0.1) is 11.8 Å². The molecule has 0 heterocycles. The van der Waals surface area contributed by atoms with Crippen LogP contribution in [0, 0.1) is 29.1 Å². The van der Waals surface area contributed by atoms with E-state index in [0.29, 0.717) is 21.5 Å². The standard InChI is InChI=1S/C10H14ClNS/c1-4-8-6(2)10(9(8)5-12)13-7(3)11/h6,8-10H,3-4H2,1-2H3. The quantitative estimate of drug-likeness (QED) is 0.718. The summed E-state index contributed by atoms with van der Waals surface area (Å²) in [6, 6.07) is 2.37. The fourth-order valence-corrected chi connectivity index (χ4v) is 3.55. The van der Waals surface area contributed by atoms with Crippen molar-refractivity contribution in [2.24, 2.45) is 17.8 Å². The molecule has 1 aliphatic rings. The zero-order chi connectivity index (χ0) is 10.0. The van der Waals surface area contributed by atoms with Gasteiger partial charge in [-0.25, -0.2) is 0 Å². The van der Waals surface area contributed by atoms with Crippen LogP contribution >= 0.6 is 23.4 Å². The van der Waals surface area contributed by atoms with Crippen LogP contribution in [0.3, 0.4) is 0 Å². The van der Waals surface area contributed by atoms with Gasteiger partial charge in [0.25, 0.3) is 0 Å². The average molecular weight is 216 g/mol. The highest BCUT2D eigenvalue weighted by Gasteiger charge is 2.47. The number of thioether (sulfide) groups is 1. The molecule has 3 heteroatoms. The summed E-state index contributed by atoms with van der Waals surface area (Å²) in [5.41, 5.74) is 0. The molecule has 1 fully saturated rings. The normalized spacial score (nSPS) is 37.7. The van der Waals surface area contributed by atoms with E-state index >= 15 is 0 Å². The number of nitrogens with zero attached hydrogens (tertiary/aromatic N) is 1. The second kappa shape index (κ2) is 4.39. The first kappa shape index (κ1) is 10.9. The topological polar surface area (TPSA) is 23.8 Å². The van der Waals surface area contributed by atoms with Gasteiger partial charge in [0.1, 0.15) is 0 Å². The molecule has 13 heavy (non-hydrogen) atoms. The highest BCUT2D eigenvalue weighted by molar-refractivity contribution is 8.05. The maximum Gasteiger partial charge on any atom is 0.0670 e. The van der Waals surface area contributed by atoms with Crippen LogP contribution in [-0.4, -0.2) is 5.25 Å². The van der Waals surface area contributed by atoms with Crippen LogP contribution in [0.5, 0.6) is 0 Å². The molecule has 1 nitrogen and oxygen atoms in total. The van der Waals surface area contributed by atoms with Gasteiger partial charge in [0.2, 0.25) is 0 Å². The Morgan fingerprint density at radius 3 is 2.69 bits per heavy atom. The Balaban J connectivity index is 2.58. The first-order valence-electron chi connectivity index (χ1n) is 4.52. The fraction of sp³-hybridized carbons (Fsp3) is 0.700. The monoisotopic (exact) mass is 215 g/mol. The third-order valence-electron chi connectivity index (χ3n) is 2.89. The molecule has 4 atom stereocenters. The van der Waals surface area contributed by atoms with Gasteiger partial charge in [-0.3, -0.25) is 0 Å². The predicted molar refractivity (Wildman–Crippen MR) is 58.4 cm³/mol. The molecule has 0 aliphatic heterocycles. The number of halogens is 1. The molecule has 72 valence electrons. The van der Waals surface area contributed by atoms with Gasteiger partial charge in [0, 0.05) is 5.25 Å². The third kappa shape index (κ3) is 2.03. The van der Waals surface area contributed by atoms with Crippen LogP contribution in [0.25, 0.3) is 0 Å². The maximum atomic E-state index is 8.95. The van der Waals surface area contributed by atoms with E-state index in [-0.39, 0.29) is 5.92 Å². The molecule has 1 saturated carbocycles. The molecule has 0 bridgehead atoms. The lowest BCUT2D eigenvalue weighted by Crippen LogP contribution is -2.46. The van der Waals surface area contributed by atoms with Crippen molar-refractivity contribution < 1.29 is 0 Å². The average Bonchev–Trinajstić information content (AvgIpc) is 2.09. The van der Waals surface area contributed by atoms with Crippen LogP contribution in [-0.2, 0) is 0 Å². The van der Waals surface area contributed by atoms with Gasteiger partial charge in [-0.1, -0.05) is 38.4 Å². The highest BCUT2D eigenvalue weighted by atomic mass is 35.5. The van der Waals surface area contributed by atoms with Gasteiger partial charge >= 0.3 is 0 Å². The van der Waals surface area contributed by atoms with Crippen molar-refractivity contribution in [3.63, 3.8) is 0 Å². The third-order valence-corrected chi connectivity index (χ3v) is 4.41. The minimum absolute atomic E-state index is 0.167. The van der Waals surface area contributed by atoms with E-state index in [1.807, 2.05) is 0 Å². The summed E-state index contributed by atoms with van der Waals surface area (Å²) < 4.78 is 0.603. The van der Waals surface area contributed by atoms with Crippen molar-refractivity contribution in [1.29, 1.82) is 5.26 Å². The van der Waals surface area contributed by atoms with Crippen LogP contribution in [0.15, 0.2) is 10.9 Å². The predicted octanol–water partition coefficient (Wildman–Crippen LogP) is 3.61. The number of rotatable bonds is 3. The lowest BCUT2D eigenvalue weighted by atomic mass is 9.64. The SMILES string of the molecule is C=C(Cl)SC1C(C)C(CC)C1C#N. The Morgan fingerprint density at radius 2 is 2.31 bits per heavy atom. The van der Waals surface area contributed by atoms with E-state index in [9.17, 15) is 0 Å². The summed E-state index contributed by atoms with van der Waals surface area (Å²) in [6.07, 6.45) is 1.09. The Morgan fingerprint density at radius 1 is 1.69 bits per heavy atom. The maximum absolute atomic E-state index is 8.95. The smallest absolute Gasteiger partial charge is 0.0670 e. The second-order valence-electron chi connectivity index (χ2n) is 3.52. The fourth-order valence-electron chi connectivity index (χ4n) is 2.12. The van der Waals surface area contributed by atoms with Gasteiger partial charge < -0.3 is 0 Å². The minimum atomic E-state index is 0.167. The van der Waals surface area contributed by atoms with Crippen LogP contribution in [0.1, 0.15) is 20.3 Å². The van der Waals surface area contributed by atoms with Gasteiger partial charge in [0.05, 0.1) is 16.4 Å². The lowest BCUT2D eigenvalue weighted by Gasteiger charge is -2.46. The van der Waals surface area contributed by atoms with E-state index < -0.39 is 0 Å². The molecule has 0 aromatic rings. The molecule has 1 aliphatic carbocycles. The van der Waals surface area contributed by atoms with E-state index in [1.165, 1.54) is 0 Å². The van der Waals surface area contributed by atoms with Crippen molar-refractivity contribution in [3.05, 3.63) is 10.9 Å². The van der Waals surface area contributed by atoms with Gasteiger partial charge in [0.15, 0.2) is 0 Å². The van der Waals surface area contributed by atoms with Crippen molar-refractivity contribution >= 4 is 23.4 Å². The largest absolute Gasteiger partial charge is 0.198 e. The summed E-state index contributed by atoms with van der Waals surface area (Å²) >= 11 is 7.27. The molecule has 0 aromatic heterocycles. The molecule has 0 saturated heterocycles. The van der Waals surface area contributed by atoms with E-state index in [1.54, 1.807) is 11.8 Å². The summed E-state index contributed by atoms with van der Waals surface area (Å²) in [5, 5.41) is 9.31. The van der Waals surface area contributed by atoms with E-state index in [0.717, 1.165) is 6.42 Å². The minimum Gasteiger partial charge on any atom is -0.198 e. The molecule has 0 amide bonds. The summed E-state index contributed by atoms with van der Waals surface area (Å²) in [5.74, 6) is 1.31. The number of hydrogen-bond donors (Lipinski definition) is 0. The second-order valence-corrected chi connectivity index (χ2v) is 5.48. The Kier molecular flexibility index (Phi) is 3.70. The zero-order valence-electron chi connectivity index (χ0n) is 7.96. The number of hydrogen-bond acceptors (Lipinski definition) is 2. The Labute approximate surface area is 89.1 Å². The van der Waals surface area contributed by atoms with E-state index in [2.05, 4.69) is 26.5 Å².